The molecule has 1 aliphatic heterocycles. The van der Waals surface area contributed by atoms with E-state index in [2.05, 4.69) is 10.3 Å². The molecular formula is C29H23F6N5O2. The van der Waals surface area contributed by atoms with E-state index in [4.69, 9.17) is 0 Å². The number of nitrogens with zero attached hydrogens (tertiary/aromatic N) is 5. The highest BCUT2D eigenvalue weighted by Crippen LogP contribution is 2.38. The first-order valence-corrected chi connectivity index (χ1v) is 12.7. The van der Waals surface area contributed by atoms with Gasteiger partial charge in [-0.05, 0) is 36.2 Å². The topological polar surface area (TPSA) is 71.3 Å². The molecule has 0 aliphatic carbocycles. The number of urea groups is 1. The Hall–Kier alpha value is -4.68. The number of halogens is 6. The van der Waals surface area contributed by atoms with E-state index in [9.17, 15) is 35.9 Å². The van der Waals surface area contributed by atoms with Crippen molar-refractivity contribution in [1.82, 2.24) is 24.8 Å². The summed E-state index contributed by atoms with van der Waals surface area (Å²) in [5.74, 6) is -0.810. The van der Waals surface area contributed by atoms with Crippen LogP contribution in [0.1, 0.15) is 45.7 Å². The van der Waals surface area contributed by atoms with Gasteiger partial charge in [-0.1, -0.05) is 65.9 Å². The Morgan fingerprint density at radius 3 is 1.95 bits per heavy atom. The molecule has 1 saturated heterocycles. The third kappa shape index (κ3) is 5.33. The van der Waals surface area contributed by atoms with E-state index in [-0.39, 0.29) is 23.0 Å². The van der Waals surface area contributed by atoms with Gasteiger partial charge in [0.15, 0.2) is 5.69 Å². The summed E-state index contributed by atoms with van der Waals surface area (Å²) in [7, 11) is 1.55. The zero-order valence-electron chi connectivity index (χ0n) is 22.2. The summed E-state index contributed by atoms with van der Waals surface area (Å²) in [5, 5.41) is 7.95. The van der Waals surface area contributed by atoms with Gasteiger partial charge in [0.25, 0.3) is 5.91 Å². The molecule has 1 aliphatic rings. The third-order valence-corrected chi connectivity index (χ3v) is 7.18. The molecule has 218 valence electrons. The minimum absolute atomic E-state index is 0.0355. The first kappa shape index (κ1) is 28.8. The van der Waals surface area contributed by atoms with Crippen molar-refractivity contribution in [2.45, 2.75) is 37.9 Å². The van der Waals surface area contributed by atoms with E-state index in [1.54, 1.807) is 74.6 Å². The van der Waals surface area contributed by atoms with Gasteiger partial charge >= 0.3 is 18.4 Å². The van der Waals surface area contributed by atoms with E-state index in [0.717, 1.165) is 9.58 Å². The summed E-state index contributed by atoms with van der Waals surface area (Å²) in [4.78, 5) is 29.8. The molecule has 0 spiro atoms. The molecule has 1 fully saturated rings. The number of aromatic nitrogens is 3. The number of rotatable bonds is 5. The smallest absolute Gasteiger partial charge is 0.322 e. The molecule has 0 saturated carbocycles. The second kappa shape index (κ2) is 10.6. The molecule has 5 rings (SSSR count). The summed E-state index contributed by atoms with van der Waals surface area (Å²) < 4.78 is 82.0. The van der Waals surface area contributed by atoms with Crippen LogP contribution in [0.3, 0.4) is 0 Å². The van der Waals surface area contributed by atoms with Crippen LogP contribution in [-0.2, 0) is 18.9 Å². The van der Waals surface area contributed by atoms with Crippen molar-refractivity contribution in [2.75, 3.05) is 7.05 Å². The van der Waals surface area contributed by atoms with Gasteiger partial charge in [0.05, 0.1) is 29.8 Å². The lowest BCUT2D eigenvalue weighted by Crippen LogP contribution is -2.37. The van der Waals surface area contributed by atoms with Crippen molar-refractivity contribution < 1.29 is 35.9 Å². The van der Waals surface area contributed by atoms with Crippen LogP contribution < -0.4 is 0 Å². The molecule has 0 unspecified atom stereocenters. The normalized spacial score (nSPS) is 17.7. The minimum Gasteiger partial charge on any atom is -0.322 e. The highest BCUT2D eigenvalue weighted by Gasteiger charge is 2.47. The third-order valence-electron chi connectivity index (χ3n) is 7.18. The number of hydrogen-bond donors (Lipinski definition) is 0. The van der Waals surface area contributed by atoms with Gasteiger partial charge < -0.3 is 4.90 Å². The van der Waals surface area contributed by atoms with E-state index in [1.165, 1.54) is 4.90 Å². The van der Waals surface area contributed by atoms with Crippen LogP contribution in [0, 0.1) is 0 Å². The van der Waals surface area contributed by atoms with Crippen molar-refractivity contribution in [1.29, 1.82) is 0 Å². The fraction of sp³-hybridized carbons (Fsp3) is 0.241. The number of imide groups is 1. The Bertz CT molecular complexity index is 1590. The Morgan fingerprint density at radius 1 is 0.857 bits per heavy atom. The zero-order chi connectivity index (χ0) is 30.4. The second-order valence-electron chi connectivity index (χ2n) is 9.89. The number of carbonyl (C=O) groups excluding carboxylic acids is 2. The Kier molecular flexibility index (Phi) is 7.29. The van der Waals surface area contributed by atoms with Crippen LogP contribution >= 0.6 is 0 Å². The molecule has 1 aromatic heterocycles. The fourth-order valence-corrected chi connectivity index (χ4v) is 5.03. The minimum atomic E-state index is -5.03. The standard InChI is InChI=1S/C29H23F6N5O2/c1-17-24(19-9-5-3-6-10-19)40(27(42)38(17)2)26(41)23-25(20-11-7-4-8-12-20)39(37-36-23)16-18-13-21(28(30,31)32)15-22(14-18)29(33,34)35/h3-15,17,24H,16H2,1-2H3/t17-,24-/m0/s1. The molecule has 7 nitrogen and oxygen atoms in total. The monoisotopic (exact) mass is 587 g/mol. The number of benzene rings is 3. The number of amides is 3. The maximum Gasteiger partial charge on any atom is 0.416 e. The fourth-order valence-electron chi connectivity index (χ4n) is 5.03. The second-order valence-corrected chi connectivity index (χ2v) is 9.89. The van der Waals surface area contributed by atoms with Crippen molar-refractivity contribution in [3.8, 4) is 11.3 Å². The van der Waals surface area contributed by atoms with Gasteiger partial charge in [0.2, 0.25) is 0 Å². The zero-order valence-corrected chi connectivity index (χ0v) is 22.2. The first-order valence-electron chi connectivity index (χ1n) is 12.7. The van der Waals surface area contributed by atoms with Crippen molar-refractivity contribution in [2.24, 2.45) is 0 Å². The van der Waals surface area contributed by atoms with Crippen LogP contribution in [0.15, 0.2) is 78.9 Å². The summed E-state index contributed by atoms with van der Waals surface area (Å²) in [6.45, 7) is 1.22. The molecular weight excluding hydrogens is 564 g/mol. The average molecular weight is 588 g/mol. The van der Waals surface area contributed by atoms with E-state index >= 15 is 0 Å². The predicted octanol–water partition coefficient (Wildman–Crippen LogP) is 6.67. The van der Waals surface area contributed by atoms with Crippen LogP contribution in [0.2, 0.25) is 0 Å². The van der Waals surface area contributed by atoms with Crippen molar-refractivity contribution in [3.63, 3.8) is 0 Å². The molecule has 2 atom stereocenters. The number of alkyl halides is 6. The summed E-state index contributed by atoms with van der Waals surface area (Å²) in [6.07, 6.45) is -10.1. The number of likely N-dealkylation sites (N-methyl/N-ethyl adjacent to an activating group) is 1. The van der Waals surface area contributed by atoms with E-state index in [1.807, 2.05) is 0 Å². The Balaban J connectivity index is 1.62. The van der Waals surface area contributed by atoms with Crippen LogP contribution in [0.4, 0.5) is 31.1 Å². The van der Waals surface area contributed by atoms with E-state index in [0.29, 0.717) is 23.3 Å². The highest BCUT2D eigenvalue weighted by atomic mass is 19.4. The molecule has 0 radical (unpaired) electrons. The largest absolute Gasteiger partial charge is 0.416 e. The maximum absolute atomic E-state index is 14.0. The molecule has 42 heavy (non-hydrogen) atoms. The average Bonchev–Trinajstić information content (AvgIpc) is 3.46. The molecule has 3 aromatic carbocycles. The molecule has 0 N–H and O–H groups in total. The summed E-state index contributed by atoms with van der Waals surface area (Å²) in [6, 6.07) is 16.5. The van der Waals surface area contributed by atoms with Gasteiger partial charge in [-0.3, -0.25) is 4.79 Å². The summed E-state index contributed by atoms with van der Waals surface area (Å²) in [5.41, 5.74) is -2.49. The van der Waals surface area contributed by atoms with Crippen LogP contribution in [0.5, 0.6) is 0 Å². The predicted molar refractivity (Wildman–Crippen MR) is 139 cm³/mol. The molecule has 0 bridgehead atoms. The SMILES string of the molecule is C[C@H]1[C@@H](c2ccccc2)N(C(=O)c2nnn(Cc3cc(C(F)(F)F)cc(C(F)(F)F)c3)c2-c2ccccc2)C(=O)N1C. The van der Waals surface area contributed by atoms with E-state index < -0.39 is 54.0 Å². The van der Waals surface area contributed by atoms with Crippen LogP contribution in [-0.4, -0.2) is 49.8 Å². The maximum atomic E-state index is 14.0. The van der Waals surface area contributed by atoms with Crippen molar-refractivity contribution >= 4 is 11.9 Å². The molecule has 2 heterocycles. The lowest BCUT2D eigenvalue weighted by molar-refractivity contribution is -0.143. The molecule has 4 aromatic rings. The van der Waals surface area contributed by atoms with Gasteiger partial charge in [-0.15, -0.1) is 5.10 Å². The summed E-state index contributed by atoms with van der Waals surface area (Å²) >= 11 is 0. The number of carbonyl (C=O) groups is 2. The van der Waals surface area contributed by atoms with Gasteiger partial charge in [0.1, 0.15) is 5.69 Å². The highest BCUT2D eigenvalue weighted by molar-refractivity contribution is 6.07. The van der Waals surface area contributed by atoms with Gasteiger partial charge in [-0.25, -0.2) is 14.4 Å². The molecule has 3 amide bonds. The van der Waals surface area contributed by atoms with Gasteiger partial charge in [0, 0.05) is 12.6 Å². The Labute approximate surface area is 236 Å². The molecule has 13 heteroatoms. The van der Waals surface area contributed by atoms with Crippen molar-refractivity contribution in [3.05, 3.63) is 107 Å². The lowest BCUT2D eigenvalue weighted by Gasteiger charge is -2.24. The number of hydrogen-bond acceptors (Lipinski definition) is 4. The van der Waals surface area contributed by atoms with Gasteiger partial charge in [-0.2, -0.15) is 26.3 Å². The van der Waals surface area contributed by atoms with Crippen LogP contribution in [0.25, 0.3) is 11.3 Å². The Morgan fingerprint density at radius 2 is 1.40 bits per heavy atom. The quantitative estimate of drug-likeness (QED) is 0.245. The lowest BCUT2D eigenvalue weighted by atomic mass is 9.99. The first-order chi connectivity index (χ1) is 19.8.